The highest BCUT2D eigenvalue weighted by Crippen LogP contribution is 2.33. The molecular weight excluding hydrogens is 273 g/mol. The van der Waals surface area contributed by atoms with E-state index in [4.69, 9.17) is 0 Å². The molecule has 3 heterocycles. The van der Waals surface area contributed by atoms with Crippen LogP contribution in [0.4, 0.5) is 4.39 Å². The van der Waals surface area contributed by atoms with Gasteiger partial charge in [0.25, 0.3) is 0 Å². The minimum Gasteiger partial charge on any atom is -0.336 e. The molecule has 0 atom stereocenters. The molecule has 3 aromatic heterocycles. The minimum absolute atomic E-state index is 0.215. The van der Waals surface area contributed by atoms with Gasteiger partial charge in [0.1, 0.15) is 5.82 Å². The highest BCUT2D eigenvalue weighted by molar-refractivity contribution is 7.22. The number of halogens is 1. The molecule has 5 heteroatoms. The lowest BCUT2D eigenvalue weighted by molar-refractivity contribution is 0.630. The summed E-state index contributed by atoms with van der Waals surface area (Å²) in [6.45, 7) is 2.00. The molecule has 0 amide bonds. The van der Waals surface area contributed by atoms with Crippen LogP contribution in [-0.2, 0) is 0 Å². The van der Waals surface area contributed by atoms with Crippen molar-refractivity contribution >= 4 is 32.6 Å². The summed E-state index contributed by atoms with van der Waals surface area (Å²) in [6.07, 6.45) is 1.80. The van der Waals surface area contributed by atoms with E-state index in [2.05, 4.69) is 15.0 Å². The number of hydrogen-bond donors (Lipinski definition) is 1. The maximum Gasteiger partial charge on any atom is 0.178 e. The Hall–Kier alpha value is -2.27. The molecule has 0 fully saturated rings. The summed E-state index contributed by atoms with van der Waals surface area (Å²) in [6, 6.07) is 8.85. The quantitative estimate of drug-likeness (QED) is 0.566. The second-order valence-corrected chi connectivity index (χ2v) is 5.85. The van der Waals surface area contributed by atoms with Gasteiger partial charge in [-0.25, -0.2) is 14.4 Å². The van der Waals surface area contributed by atoms with E-state index in [-0.39, 0.29) is 5.82 Å². The van der Waals surface area contributed by atoms with Gasteiger partial charge in [-0.2, -0.15) is 0 Å². The molecular formula is C15H10FN3S. The number of benzene rings is 1. The van der Waals surface area contributed by atoms with Crippen molar-refractivity contribution < 1.29 is 4.39 Å². The predicted molar refractivity (Wildman–Crippen MR) is 79.4 cm³/mol. The lowest BCUT2D eigenvalue weighted by Crippen LogP contribution is -1.77. The monoisotopic (exact) mass is 283 g/mol. The van der Waals surface area contributed by atoms with Gasteiger partial charge in [-0.15, -0.1) is 11.3 Å². The molecule has 4 rings (SSSR count). The molecule has 1 aromatic carbocycles. The molecule has 4 aromatic rings. The van der Waals surface area contributed by atoms with Crippen molar-refractivity contribution in [2.75, 3.05) is 0 Å². The number of aromatic amines is 1. The molecule has 0 saturated carbocycles. The van der Waals surface area contributed by atoms with Crippen LogP contribution in [0.5, 0.6) is 0 Å². The van der Waals surface area contributed by atoms with Crippen LogP contribution in [-0.4, -0.2) is 15.0 Å². The maximum atomic E-state index is 13.2. The fraction of sp³-hybridized carbons (Fsp3) is 0.0667. The number of hydrogen-bond acceptors (Lipinski definition) is 3. The van der Waals surface area contributed by atoms with Crippen molar-refractivity contribution in [3.63, 3.8) is 0 Å². The molecule has 20 heavy (non-hydrogen) atoms. The average Bonchev–Trinajstić information content (AvgIpc) is 3.00. The average molecular weight is 283 g/mol. The summed E-state index contributed by atoms with van der Waals surface area (Å²) in [4.78, 5) is 13.0. The van der Waals surface area contributed by atoms with Crippen molar-refractivity contribution in [1.82, 2.24) is 15.0 Å². The van der Waals surface area contributed by atoms with Crippen LogP contribution in [0, 0.1) is 12.7 Å². The van der Waals surface area contributed by atoms with Crippen molar-refractivity contribution in [3.05, 3.63) is 47.9 Å². The molecule has 0 radical (unpaired) electrons. The number of rotatable bonds is 1. The third kappa shape index (κ3) is 1.78. The predicted octanol–water partition coefficient (Wildman–Crippen LogP) is 4.29. The third-order valence-corrected chi connectivity index (χ3v) is 4.29. The lowest BCUT2D eigenvalue weighted by atomic mass is 10.2. The maximum absolute atomic E-state index is 13.2. The van der Waals surface area contributed by atoms with Crippen molar-refractivity contribution in [2.24, 2.45) is 0 Å². The van der Waals surface area contributed by atoms with Crippen LogP contribution in [0.15, 0.2) is 36.5 Å². The number of aryl methyl sites for hydroxylation is 1. The molecule has 1 N–H and O–H groups in total. The van der Waals surface area contributed by atoms with Gasteiger partial charge in [-0.3, -0.25) is 0 Å². The summed E-state index contributed by atoms with van der Waals surface area (Å²) in [7, 11) is 0. The topological polar surface area (TPSA) is 41.6 Å². The van der Waals surface area contributed by atoms with Crippen molar-refractivity contribution in [3.8, 4) is 10.7 Å². The van der Waals surface area contributed by atoms with Gasteiger partial charge in [-0.05, 0) is 42.1 Å². The lowest BCUT2D eigenvalue weighted by Gasteiger charge is -1.88. The van der Waals surface area contributed by atoms with E-state index in [9.17, 15) is 4.39 Å². The van der Waals surface area contributed by atoms with E-state index in [1.54, 1.807) is 18.3 Å². The molecule has 98 valence electrons. The highest BCUT2D eigenvalue weighted by Gasteiger charge is 2.10. The summed E-state index contributed by atoms with van der Waals surface area (Å²) in [5.41, 5.74) is 2.71. The number of imidazole rings is 1. The van der Waals surface area contributed by atoms with Gasteiger partial charge in [0.2, 0.25) is 0 Å². The Labute approximate surface area is 118 Å². The van der Waals surface area contributed by atoms with E-state index >= 15 is 0 Å². The molecule has 0 bridgehead atoms. The normalized spacial score (nSPS) is 11.5. The van der Waals surface area contributed by atoms with Gasteiger partial charge in [-0.1, -0.05) is 6.07 Å². The SMILES string of the molecule is Cc1cnc2nc(-c3cc4ccc(F)cc4s3)[nH]c2c1. The van der Waals surface area contributed by atoms with E-state index < -0.39 is 0 Å². The van der Waals surface area contributed by atoms with Crippen LogP contribution in [0.25, 0.3) is 32.0 Å². The number of fused-ring (bicyclic) bond motifs is 2. The molecule has 0 aliphatic heterocycles. The van der Waals surface area contributed by atoms with E-state index in [0.717, 1.165) is 31.9 Å². The fourth-order valence-corrected chi connectivity index (χ4v) is 3.28. The Bertz CT molecular complexity index is 861. The largest absolute Gasteiger partial charge is 0.336 e. The van der Waals surface area contributed by atoms with Gasteiger partial charge < -0.3 is 4.98 Å². The Morgan fingerprint density at radius 1 is 1.20 bits per heavy atom. The zero-order chi connectivity index (χ0) is 13.7. The Balaban J connectivity index is 1.91. The van der Waals surface area contributed by atoms with Gasteiger partial charge in [0, 0.05) is 10.9 Å². The van der Waals surface area contributed by atoms with Crippen molar-refractivity contribution in [2.45, 2.75) is 6.92 Å². The first-order valence-corrected chi connectivity index (χ1v) is 7.02. The molecule has 0 unspecified atom stereocenters. The first-order chi connectivity index (χ1) is 9.69. The van der Waals surface area contributed by atoms with Crippen LogP contribution in [0.3, 0.4) is 0 Å². The molecule has 0 aliphatic rings. The van der Waals surface area contributed by atoms with E-state index in [1.807, 2.05) is 19.1 Å². The molecule has 0 aliphatic carbocycles. The first-order valence-electron chi connectivity index (χ1n) is 6.21. The van der Waals surface area contributed by atoms with Crippen LogP contribution >= 0.6 is 11.3 Å². The summed E-state index contributed by atoms with van der Waals surface area (Å²) >= 11 is 1.52. The van der Waals surface area contributed by atoms with Crippen LogP contribution < -0.4 is 0 Å². The smallest absolute Gasteiger partial charge is 0.178 e. The molecule has 0 spiro atoms. The standard InChI is InChI=1S/C15H10FN3S/c1-8-4-11-14(17-7-8)19-15(18-11)13-5-9-2-3-10(16)6-12(9)20-13/h2-7H,1H3,(H,17,18,19). The van der Waals surface area contributed by atoms with E-state index in [0.29, 0.717) is 5.65 Å². The van der Waals surface area contributed by atoms with E-state index in [1.165, 1.54) is 17.4 Å². The summed E-state index contributed by atoms with van der Waals surface area (Å²) in [5.74, 6) is 0.563. The number of aromatic nitrogens is 3. The number of nitrogens with zero attached hydrogens (tertiary/aromatic N) is 2. The Morgan fingerprint density at radius 2 is 2.10 bits per heavy atom. The van der Waals surface area contributed by atoms with Crippen molar-refractivity contribution in [1.29, 1.82) is 0 Å². The second kappa shape index (κ2) is 4.11. The Morgan fingerprint density at radius 3 is 3.00 bits per heavy atom. The second-order valence-electron chi connectivity index (χ2n) is 4.76. The van der Waals surface area contributed by atoms with Crippen LogP contribution in [0.2, 0.25) is 0 Å². The molecule has 0 saturated heterocycles. The highest BCUT2D eigenvalue weighted by atomic mass is 32.1. The fourth-order valence-electron chi connectivity index (χ4n) is 2.24. The van der Waals surface area contributed by atoms with Gasteiger partial charge in [0.15, 0.2) is 11.5 Å². The van der Waals surface area contributed by atoms with Crippen LogP contribution in [0.1, 0.15) is 5.56 Å². The zero-order valence-electron chi connectivity index (χ0n) is 10.6. The molecule has 3 nitrogen and oxygen atoms in total. The Kier molecular flexibility index (Phi) is 2.37. The minimum atomic E-state index is -0.215. The van der Waals surface area contributed by atoms with Gasteiger partial charge >= 0.3 is 0 Å². The summed E-state index contributed by atoms with van der Waals surface area (Å²) < 4.78 is 14.2. The third-order valence-electron chi connectivity index (χ3n) is 3.19. The first kappa shape index (κ1) is 11.5. The number of H-pyrrole nitrogens is 1. The van der Waals surface area contributed by atoms with Gasteiger partial charge in [0.05, 0.1) is 10.4 Å². The number of thiophene rings is 1. The zero-order valence-corrected chi connectivity index (χ0v) is 11.5. The number of nitrogens with one attached hydrogen (secondary N) is 1. The number of pyridine rings is 1. The summed E-state index contributed by atoms with van der Waals surface area (Å²) in [5, 5.41) is 1.02.